The molecule has 0 N–H and O–H groups in total. The van der Waals surface area contributed by atoms with Crippen LogP contribution in [-0.2, 0) is 4.79 Å². The lowest BCUT2D eigenvalue weighted by atomic mass is 10.2. The lowest BCUT2D eigenvalue weighted by Gasteiger charge is -2.36. The predicted molar refractivity (Wildman–Crippen MR) is 78.9 cm³/mol. The van der Waals surface area contributed by atoms with Gasteiger partial charge in [-0.3, -0.25) is 4.79 Å². The highest BCUT2D eigenvalue weighted by atomic mass is 16.6. The zero-order valence-electron chi connectivity index (χ0n) is 12.1. The summed E-state index contributed by atoms with van der Waals surface area (Å²) in [6.07, 6.45) is 2.17. The first-order chi connectivity index (χ1) is 10.3. The Morgan fingerprint density at radius 2 is 1.71 bits per heavy atom. The Hall–Kier alpha value is -1.91. The molecule has 1 saturated heterocycles. The Morgan fingerprint density at radius 3 is 2.43 bits per heavy atom. The highest BCUT2D eigenvalue weighted by Crippen LogP contribution is 2.35. The molecule has 0 spiro atoms. The number of ether oxygens (including phenoxy) is 2. The molecule has 1 saturated carbocycles. The smallest absolute Gasteiger partial charge is 0.225 e. The van der Waals surface area contributed by atoms with Crippen molar-refractivity contribution in [2.75, 3.05) is 44.3 Å². The Labute approximate surface area is 124 Å². The minimum absolute atomic E-state index is 0.325. The van der Waals surface area contributed by atoms with Crippen molar-refractivity contribution in [2.45, 2.75) is 12.8 Å². The average Bonchev–Trinajstić information content (AvgIpc) is 3.39. The maximum Gasteiger partial charge on any atom is 0.225 e. The molecule has 0 aromatic heterocycles. The molecule has 2 aliphatic heterocycles. The Morgan fingerprint density at radius 1 is 1.00 bits per heavy atom. The van der Waals surface area contributed by atoms with Crippen LogP contribution in [0.25, 0.3) is 0 Å². The van der Waals surface area contributed by atoms with Gasteiger partial charge in [0.15, 0.2) is 11.5 Å². The fourth-order valence-electron chi connectivity index (χ4n) is 3.00. The van der Waals surface area contributed by atoms with E-state index in [1.807, 2.05) is 17.0 Å². The van der Waals surface area contributed by atoms with E-state index in [2.05, 4.69) is 11.0 Å². The summed E-state index contributed by atoms with van der Waals surface area (Å²) in [7, 11) is 0. The first-order valence-electron chi connectivity index (χ1n) is 7.75. The first kappa shape index (κ1) is 12.8. The number of hydrogen-bond donors (Lipinski definition) is 0. The molecule has 5 nitrogen and oxygen atoms in total. The number of anilines is 1. The van der Waals surface area contributed by atoms with Crippen molar-refractivity contribution in [3.05, 3.63) is 18.2 Å². The van der Waals surface area contributed by atoms with Crippen molar-refractivity contribution in [3.8, 4) is 11.5 Å². The van der Waals surface area contributed by atoms with E-state index in [1.54, 1.807) is 0 Å². The Bertz CT molecular complexity index is 548. The van der Waals surface area contributed by atoms with Gasteiger partial charge in [0.25, 0.3) is 0 Å². The van der Waals surface area contributed by atoms with Crippen LogP contribution >= 0.6 is 0 Å². The van der Waals surface area contributed by atoms with E-state index in [1.165, 1.54) is 0 Å². The second kappa shape index (κ2) is 5.13. The van der Waals surface area contributed by atoms with Crippen LogP contribution in [0, 0.1) is 5.92 Å². The zero-order valence-corrected chi connectivity index (χ0v) is 12.1. The van der Waals surface area contributed by atoms with Crippen LogP contribution in [0.5, 0.6) is 11.5 Å². The molecule has 5 heteroatoms. The molecule has 0 bridgehead atoms. The largest absolute Gasteiger partial charge is 0.486 e. The van der Waals surface area contributed by atoms with Crippen LogP contribution in [-0.4, -0.2) is 50.2 Å². The van der Waals surface area contributed by atoms with E-state index in [-0.39, 0.29) is 0 Å². The summed E-state index contributed by atoms with van der Waals surface area (Å²) < 4.78 is 11.2. The number of carbonyl (C=O) groups excluding carboxylic acids is 1. The number of amides is 1. The average molecular weight is 288 g/mol. The van der Waals surface area contributed by atoms with Crippen LogP contribution in [0.2, 0.25) is 0 Å². The number of piperazine rings is 1. The minimum atomic E-state index is 0.325. The molecule has 3 aliphatic rings. The van der Waals surface area contributed by atoms with Gasteiger partial charge < -0.3 is 19.3 Å². The summed E-state index contributed by atoms with van der Waals surface area (Å²) in [6, 6.07) is 6.10. The van der Waals surface area contributed by atoms with E-state index >= 15 is 0 Å². The summed E-state index contributed by atoms with van der Waals surface area (Å²) in [4.78, 5) is 16.4. The van der Waals surface area contributed by atoms with Gasteiger partial charge in [-0.1, -0.05) is 0 Å². The third kappa shape index (κ3) is 2.52. The molecular weight excluding hydrogens is 268 g/mol. The van der Waals surface area contributed by atoms with E-state index in [0.717, 1.165) is 56.2 Å². The molecule has 2 fully saturated rings. The van der Waals surface area contributed by atoms with Gasteiger partial charge in [-0.25, -0.2) is 0 Å². The van der Waals surface area contributed by atoms with Crippen molar-refractivity contribution in [1.29, 1.82) is 0 Å². The van der Waals surface area contributed by atoms with Gasteiger partial charge in [-0.2, -0.15) is 0 Å². The monoisotopic (exact) mass is 288 g/mol. The van der Waals surface area contributed by atoms with Crippen molar-refractivity contribution in [2.24, 2.45) is 5.92 Å². The van der Waals surface area contributed by atoms with Crippen LogP contribution in [0.1, 0.15) is 12.8 Å². The number of carbonyl (C=O) groups is 1. The molecule has 1 aromatic carbocycles. The van der Waals surface area contributed by atoms with Gasteiger partial charge in [0.1, 0.15) is 13.2 Å². The first-order valence-corrected chi connectivity index (χ1v) is 7.75. The van der Waals surface area contributed by atoms with E-state index in [0.29, 0.717) is 25.0 Å². The van der Waals surface area contributed by atoms with E-state index in [4.69, 9.17) is 9.47 Å². The fraction of sp³-hybridized carbons (Fsp3) is 0.562. The second-order valence-electron chi connectivity index (χ2n) is 5.91. The molecule has 0 unspecified atom stereocenters. The lowest BCUT2D eigenvalue weighted by Crippen LogP contribution is -2.49. The molecule has 0 atom stereocenters. The summed E-state index contributed by atoms with van der Waals surface area (Å²) >= 11 is 0. The van der Waals surface area contributed by atoms with Crippen LogP contribution in [0.4, 0.5) is 5.69 Å². The summed E-state index contributed by atoms with van der Waals surface area (Å²) in [5.74, 6) is 2.34. The zero-order chi connectivity index (χ0) is 14.2. The molecule has 2 heterocycles. The fourth-order valence-corrected chi connectivity index (χ4v) is 3.00. The molecule has 21 heavy (non-hydrogen) atoms. The van der Waals surface area contributed by atoms with Gasteiger partial charge in [0, 0.05) is 43.9 Å². The normalized spacial score (nSPS) is 21.3. The Balaban J connectivity index is 1.42. The van der Waals surface area contributed by atoms with E-state index in [9.17, 15) is 4.79 Å². The van der Waals surface area contributed by atoms with Gasteiger partial charge in [0.05, 0.1) is 0 Å². The highest BCUT2D eigenvalue weighted by molar-refractivity contribution is 5.81. The molecule has 1 aliphatic carbocycles. The maximum atomic E-state index is 12.1. The third-order valence-electron chi connectivity index (χ3n) is 4.41. The minimum Gasteiger partial charge on any atom is -0.486 e. The number of nitrogens with zero attached hydrogens (tertiary/aromatic N) is 2. The van der Waals surface area contributed by atoms with Gasteiger partial charge in [-0.05, 0) is 25.0 Å². The topological polar surface area (TPSA) is 42.0 Å². The number of rotatable bonds is 2. The van der Waals surface area contributed by atoms with Crippen LogP contribution in [0.15, 0.2) is 18.2 Å². The quantitative estimate of drug-likeness (QED) is 0.827. The molecular formula is C16H20N2O3. The van der Waals surface area contributed by atoms with Crippen molar-refractivity contribution >= 4 is 11.6 Å². The van der Waals surface area contributed by atoms with Crippen molar-refractivity contribution in [1.82, 2.24) is 4.90 Å². The number of hydrogen-bond acceptors (Lipinski definition) is 4. The van der Waals surface area contributed by atoms with Crippen LogP contribution < -0.4 is 14.4 Å². The predicted octanol–water partition coefficient (Wildman–Crippen LogP) is 1.52. The van der Waals surface area contributed by atoms with Crippen LogP contribution in [0.3, 0.4) is 0 Å². The molecule has 0 radical (unpaired) electrons. The number of fused-ring (bicyclic) bond motifs is 1. The molecule has 4 rings (SSSR count). The van der Waals surface area contributed by atoms with Gasteiger partial charge in [-0.15, -0.1) is 0 Å². The molecule has 1 amide bonds. The second-order valence-corrected chi connectivity index (χ2v) is 5.91. The van der Waals surface area contributed by atoms with Gasteiger partial charge >= 0.3 is 0 Å². The highest BCUT2D eigenvalue weighted by Gasteiger charge is 2.34. The third-order valence-corrected chi connectivity index (χ3v) is 4.41. The number of benzene rings is 1. The molecule has 1 aromatic rings. The molecule has 112 valence electrons. The van der Waals surface area contributed by atoms with Gasteiger partial charge in [0.2, 0.25) is 5.91 Å². The maximum absolute atomic E-state index is 12.1. The Kier molecular flexibility index (Phi) is 3.13. The summed E-state index contributed by atoms with van der Waals surface area (Å²) in [5, 5.41) is 0. The van der Waals surface area contributed by atoms with Crippen molar-refractivity contribution in [3.63, 3.8) is 0 Å². The SMILES string of the molecule is O=C(C1CC1)N1CCN(c2ccc3c(c2)OCCO3)CC1. The van der Waals surface area contributed by atoms with E-state index < -0.39 is 0 Å². The lowest BCUT2D eigenvalue weighted by molar-refractivity contribution is -0.132. The summed E-state index contributed by atoms with van der Waals surface area (Å²) in [5.41, 5.74) is 1.15. The summed E-state index contributed by atoms with van der Waals surface area (Å²) in [6.45, 7) is 4.65. The van der Waals surface area contributed by atoms with Crippen molar-refractivity contribution < 1.29 is 14.3 Å². The standard InChI is InChI=1S/C16H20N2O3/c19-16(12-1-2-12)18-7-5-17(6-8-18)13-3-4-14-15(11-13)21-10-9-20-14/h3-4,11-12H,1-2,5-10H2.